The van der Waals surface area contributed by atoms with E-state index in [0.717, 1.165) is 12.8 Å². The summed E-state index contributed by atoms with van der Waals surface area (Å²) in [7, 11) is 1.72. The molecule has 0 aliphatic rings. The van der Waals surface area contributed by atoms with Crippen molar-refractivity contribution in [3.63, 3.8) is 0 Å². The summed E-state index contributed by atoms with van der Waals surface area (Å²) in [5.41, 5.74) is -0.375. The molecule has 1 unspecified atom stereocenters. The highest BCUT2D eigenvalue weighted by atomic mass is 16.6. The van der Waals surface area contributed by atoms with Crippen LogP contribution in [0.2, 0.25) is 0 Å². The lowest BCUT2D eigenvalue weighted by atomic mass is 9.79. The molecule has 0 saturated carbocycles. The number of methoxy groups -OCH3 is 1. The number of carbonyl (C=O) groups excluding carboxylic acids is 1. The van der Waals surface area contributed by atoms with Crippen LogP contribution >= 0.6 is 0 Å². The Morgan fingerprint density at radius 1 is 0.719 bits per heavy atom. The highest BCUT2D eigenvalue weighted by molar-refractivity contribution is 5.67. The molecule has 5 nitrogen and oxygen atoms in total. The van der Waals surface area contributed by atoms with Gasteiger partial charge in [-0.15, -0.1) is 0 Å². The van der Waals surface area contributed by atoms with Crippen molar-refractivity contribution in [2.24, 2.45) is 5.41 Å². The van der Waals surface area contributed by atoms with Crippen molar-refractivity contribution in [1.82, 2.24) is 5.32 Å². The van der Waals surface area contributed by atoms with E-state index < -0.39 is 0 Å². The predicted octanol–water partition coefficient (Wildman–Crippen LogP) is 7.66. The topological polar surface area (TPSA) is 56.8 Å². The minimum absolute atomic E-state index is 0.150. The molecule has 0 aromatic carbocycles. The predicted molar refractivity (Wildman–Crippen MR) is 135 cm³/mol. The Labute approximate surface area is 199 Å². The molecular weight excluding hydrogens is 402 g/mol. The zero-order valence-corrected chi connectivity index (χ0v) is 22.7. The van der Waals surface area contributed by atoms with Crippen molar-refractivity contribution in [3.8, 4) is 0 Å². The molecule has 0 bridgehead atoms. The summed E-state index contributed by atoms with van der Waals surface area (Å²) < 4.78 is 16.9. The number of rotatable bonds is 20. The van der Waals surface area contributed by atoms with Gasteiger partial charge >= 0.3 is 6.09 Å². The van der Waals surface area contributed by atoms with Crippen LogP contribution in [0, 0.1) is 5.41 Å². The van der Waals surface area contributed by atoms with Gasteiger partial charge in [0.1, 0.15) is 0 Å². The molecule has 0 aliphatic heterocycles. The van der Waals surface area contributed by atoms with Crippen LogP contribution in [0.3, 0.4) is 0 Å². The molecule has 0 aromatic rings. The number of carbonyl (C=O) groups is 1. The van der Waals surface area contributed by atoms with Crippen LogP contribution < -0.4 is 5.32 Å². The SMILES string of the molecule is CCCCCCCC(C)(CCCCC)CNC(=O)OCCC(C)(C)OCCC(C)(C)OC. The summed E-state index contributed by atoms with van der Waals surface area (Å²) >= 11 is 0. The van der Waals surface area contributed by atoms with Gasteiger partial charge < -0.3 is 19.5 Å². The number of alkyl carbamates (subject to hydrolysis) is 1. The second-order valence-corrected chi connectivity index (χ2v) is 11.0. The molecule has 0 fully saturated rings. The molecule has 1 amide bonds. The first-order valence-electron chi connectivity index (χ1n) is 13.1. The van der Waals surface area contributed by atoms with E-state index >= 15 is 0 Å². The van der Waals surface area contributed by atoms with Crippen molar-refractivity contribution in [3.05, 3.63) is 0 Å². The quantitative estimate of drug-likeness (QED) is 0.191. The maximum atomic E-state index is 12.3. The summed E-state index contributed by atoms with van der Waals surface area (Å²) in [6.45, 7) is 16.7. The molecule has 0 aromatic heterocycles. The first kappa shape index (κ1) is 31.2. The van der Waals surface area contributed by atoms with E-state index in [-0.39, 0.29) is 22.7 Å². The third-order valence-electron chi connectivity index (χ3n) is 6.61. The molecular formula is C27H55NO4. The van der Waals surface area contributed by atoms with Crippen LogP contribution in [0.1, 0.15) is 126 Å². The number of ether oxygens (including phenoxy) is 3. The summed E-state index contributed by atoms with van der Waals surface area (Å²) in [4.78, 5) is 12.3. The van der Waals surface area contributed by atoms with Crippen LogP contribution in [0.5, 0.6) is 0 Å². The fraction of sp³-hybridized carbons (Fsp3) is 0.963. The van der Waals surface area contributed by atoms with Crippen LogP contribution in [-0.4, -0.2) is 44.2 Å². The fourth-order valence-electron chi connectivity index (χ4n) is 3.73. The number of amides is 1. The maximum absolute atomic E-state index is 12.3. The molecule has 5 heteroatoms. The average Bonchev–Trinajstić information content (AvgIpc) is 2.72. The second-order valence-electron chi connectivity index (χ2n) is 11.0. The molecule has 0 radical (unpaired) electrons. The number of hydrogen-bond acceptors (Lipinski definition) is 4. The number of nitrogens with one attached hydrogen (secondary N) is 1. The number of unbranched alkanes of at least 4 members (excludes halogenated alkanes) is 6. The minimum atomic E-state index is -0.336. The zero-order valence-electron chi connectivity index (χ0n) is 22.7. The maximum Gasteiger partial charge on any atom is 0.407 e. The largest absolute Gasteiger partial charge is 0.449 e. The molecule has 192 valence electrons. The lowest BCUT2D eigenvalue weighted by molar-refractivity contribution is -0.0662. The molecule has 1 atom stereocenters. The summed E-state index contributed by atoms with van der Waals surface area (Å²) in [6.07, 6.45) is 13.7. The molecule has 32 heavy (non-hydrogen) atoms. The molecule has 0 saturated heterocycles. The highest BCUT2D eigenvalue weighted by Gasteiger charge is 2.25. The smallest absolute Gasteiger partial charge is 0.407 e. The molecule has 1 N–H and O–H groups in total. The van der Waals surface area contributed by atoms with Crippen molar-refractivity contribution < 1.29 is 19.0 Å². The minimum Gasteiger partial charge on any atom is -0.449 e. The van der Waals surface area contributed by atoms with E-state index in [1.807, 2.05) is 13.8 Å². The van der Waals surface area contributed by atoms with Crippen molar-refractivity contribution in [2.45, 2.75) is 137 Å². The van der Waals surface area contributed by atoms with Crippen LogP contribution in [0.4, 0.5) is 4.79 Å². The van der Waals surface area contributed by atoms with Gasteiger partial charge in [0.25, 0.3) is 0 Å². The lowest BCUT2D eigenvalue weighted by Crippen LogP contribution is -2.37. The Balaban J connectivity index is 4.33. The van der Waals surface area contributed by atoms with Crippen molar-refractivity contribution >= 4 is 6.09 Å². The van der Waals surface area contributed by atoms with Crippen LogP contribution in [0.25, 0.3) is 0 Å². The van der Waals surface area contributed by atoms with Crippen LogP contribution in [0.15, 0.2) is 0 Å². The van der Waals surface area contributed by atoms with E-state index in [1.54, 1.807) is 7.11 Å². The lowest BCUT2D eigenvalue weighted by Gasteiger charge is -2.30. The molecule has 0 rings (SSSR count). The first-order chi connectivity index (χ1) is 15.0. The Bertz CT molecular complexity index is 478. The summed E-state index contributed by atoms with van der Waals surface area (Å²) in [5.74, 6) is 0. The molecule has 0 heterocycles. The Hall–Kier alpha value is -0.810. The van der Waals surface area contributed by atoms with Gasteiger partial charge in [0.15, 0.2) is 0 Å². The number of hydrogen-bond donors (Lipinski definition) is 1. The second kappa shape index (κ2) is 16.7. The van der Waals surface area contributed by atoms with Gasteiger partial charge in [0, 0.05) is 20.1 Å². The van der Waals surface area contributed by atoms with Crippen LogP contribution in [-0.2, 0) is 14.2 Å². The van der Waals surface area contributed by atoms with Crippen molar-refractivity contribution in [2.75, 3.05) is 26.9 Å². The molecule has 0 aliphatic carbocycles. The average molecular weight is 458 g/mol. The molecule has 0 spiro atoms. The van der Waals surface area contributed by atoms with Gasteiger partial charge in [-0.2, -0.15) is 0 Å². The third kappa shape index (κ3) is 16.8. The van der Waals surface area contributed by atoms with E-state index in [9.17, 15) is 4.79 Å². The van der Waals surface area contributed by atoms with Gasteiger partial charge in [0.05, 0.1) is 24.4 Å². The monoisotopic (exact) mass is 457 g/mol. The fourth-order valence-corrected chi connectivity index (χ4v) is 3.73. The zero-order chi connectivity index (χ0) is 24.5. The Morgan fingerprint density at radius 2 is 1.25 bits per heavy atom. The van der Waals surface area contributed by atoms with Crippen molar-refractivity contribution in [1.29, 1.82) is 0 Å². The van der Waals surface area contributed by atoms with Gasteiger partial charge in [-0.25, -0.2) is 4.79 Å². The normalized spacial score (nSPS) is 14.2. The van der Waals surface area contributed by atoms with E-state index in [1.165, 1.54) is 57.8 Å². The van der Waals surface area contributed by atoms with E-state index in [2.05, 4.69) is 39.9 Å². The Morgan fingerprint density at radius 3 is 1.84 bits per heavy atom. The van der Waals surface area contributed by atoms with E-state index in [4.69, 9.17) is 14.2 Å². The summed E-state index contributed by atoms with van der Waals surface area (Å²) in [5, 5.41) is 3.04. The van der Waals surface area contributed by atoms with Gasteiger partial charge in [-0.05, 0) is 52.4 Å². The van der Waals surface area contributed by atoms with Gasteiger partial charge in [-0.1, -0.05) is 72.1 Å². The van der Waals surface area contributed by atoms with Gasteiger partial charge in [0.2, 0.25) is 0 Å². The van der Waals surface area contributed by atoms with Gasteiger partial charge in [-0.3, -0.25) is 0 Å². The highest BCUT2D eigenvalue weighted by Crippen LogP contribution is 2.30. The first-order valence-corrected chi connectivity index (χ1v) is 13.1. The van der Waals surface area contributed by atoms with E-state index in [0.29, 0.717) is 26.2 Å². The third-order valence-corrected chi connectivity index (χ3v) is 6.61. The summed E-state index contributed by atoms with van der Waals surface area (Å²) in [6, 6.07) is 0. The standard InChI is InChI=1S/C27H55NO4/c1-9-11-13-14-16-18-27(7,17-15-12-10-2)23-28-24(29)31-21-19-26(5,6)32-22-20-25(3,4)30-8/h9-23H2,1-8H3,(H,28,29). The Kier molecular flexibility index (Phi) is 16.3.